The third-order valence-corrected chi connectivity index (χ3v) is 3.89. The molecule has 116 valence electrons. The monoisotopic (exact) mass is 304 g/mol. The molecule has 22 heavy (non-hydrogen) atoms. The minimum atomic E-state index is -0.686. The van der Waals surface area contributed by atoms with E-state index in [1.165, 1.54) is 12.1 Å². The van der Waals surface area contributed by atoms with Crippen molar-refractivity contribution < 1.29 is 9.85 Å². The van der Waals surface area contributed by atoms with Crippen molar-refractivity contribution in [3.8, 4) is 0 Å². The van der Waals surface area contributed by atoms with Crippen LogP contribution in [0, 0.1) is 20.2 Å². The summed E-state index contributed by atoms with van der Waals surface area (Å²) in [5.74, 6) is 0. The zero-order valence-corrected chi connectivity index (χ0v) is 12.4. The van der Waals surface area contributed by atoms with Crippen molar-refractivity contribution in [2.24, 2.45) is 10.2 Å². The van der Waals surface area contributed by atoms with Crippen molar-refractivity contribution in [3.63, 3.8) is 0 Å². The summed E-state index contributed by atoms with van der Waals surface area (Å²) in [5.41, 5.74) is -0.0295. The number of nitro benzene ring substituents is 2. The summed E-state index contributed by atoms with van der Waals surface area (Å²) in [7, 11) is 0. The van der Waals surface area contributed by atoms with Gasteiger partial charge >= 0.3 is 5.69 Å². The highest BCUT2D eigenvalue weighted by Gasteiger charge is 2.33. The van der Waals surface area contributed by atoms with E-state index in [9.17, 15) is 20.2 Å². The predicted molar refractivity (Wildman–Crippen MR) is 80.3 cm³/mol. The molecule has 1 unspecified atom stereocenters. The third kappa shape index (κ3) is 3.00. The quantitative estimate of drug-likeness (QED) is 0.353. The van der Waals surface area contributed by atoms with Gasteiger partial charge in [0.2, 0.25) is 0 Å². The fraction of sp³-hybridized carbons (Fsp3) is 0.429. The molecule has 0 N–H and O–H groups in total. The van der Waals surface area contributed by atoms with Gasteiger partial charge in [0.15, 0.2) is 5.69 Å². The number of allylic oxidation sites excluding steroid dienone is 1. The summed E-state index contributed by atoms with van der Waals surface area (Å²) in [6.07, 6.45) is 4.76. The third-order valence-electron chi connectivity index (χ3n) is 3.89. The highest BCUT2D eigenvalue weighted by atomic mass is 16.6. The molecule has 0 heterocycles. The second kappa shape index (κ2) is 6.00. The van der Waals surface area contributed by atoms with Gasteiger partial charge in [-0.15, -0.1) is 5.11 Å². The van der Waals surface area contributed by atoms with Crippen LogP contribution in [0.5, 0.6) is 0 Å². The molecular formula is C14H16N4O4. The summed E-state index contributed by atoms with van der Waals surface area (Å²) in [6, 6.07) is 3.35. The Balaban J connectivity index is 2.39. The molecule has 1 aromatic carbocycles. The first-order valence-corrected chi connectivity index (χ1v) is 6.89. The maximum absolute atomic E-state index is 11.1. The zero-order valence-electron chi connectivity index (χ0n) is 12.4. The Kier molecular flexibility index (Phi) is 4.30. The van der Waals surface area contributed by atoms with E-state index in [1.54, 1.807) is 0 Å². The number of non-ortho nitro benzene ring substituents is 1. The molecule has 1 saturated carbocycles. The molecular weight excluding hydrogens is 288 g/mol. The van der Waals surface area contributed by atoms with E-state index < -0.39 is 21.1 Å². The van der Waals surface area contributed by atoms with Crippen LogP contribution in [0.25, 0.3) is 0 Å². The summed E-state index contributed by atoms with van der Waals surface area (Å²) in [4.78, 5) is 20.4. The van der Waals surface area contributed by atoms with E-state index in [4.69, 9.17) is 0 Å². The van der Waals surface area contributed by atoms with Crippen molar-refractivity contribution in [3.05, 3.63) is 50.1 Å². The van der Waals surface area contributed by atoms with Crippen LogP contribution in [0.3, 0.4) is 0 Å². The molecule has 0 amide bonds. The van der Waals surface area contributed by atoms with Gasteiger partial charge in [0, 0.05) is 6.07 Å². The maximum Gasteiger partial charge on any atom is 0.303 e. The normalized spacial score (nSPS) is 23.3. The molecule has 0 bridgehead atoms. The molecule has 1 aliphatic rings. The Bertz CT molecular complexity index is 683. The van der Waals surface area contributed by atoms with Gasteiger partial charge in [-0.25, -0.2) is 0 Å². The molecule has 1 aliphatic carbocycles. The van der Waals surface area contributed by atoms with Crippen LogP contribution in [0.2, 0.25) is 0 Å². The fourth-order valence-corrected chi connectivity index (χ4v) is 2.64. The van der Waals surface area contributed by atoms with E-state index in [1.807, 2.05) is 19.9 Å². The predicted octanol–water partition coefficient (Wildman–Crippen LogP) is 4.48. The van der Waals surface area contributed by atoms with Crippen molar-refractivity contribution in [1.82, 2.24) is 0 Å². The maximum atomic E-state index is 11.1. The lowest BCUT2D eigenvalue weighted by atomic mass is 9.96. The summed E-state index contributed by atoms with van der Waals surface area (Å²) >= 11 is 0. The molecule has 0 aliphatic heterocycles. The molecule has 0 saturated heterocycles. The minimum Gasteiger partial charge on any atom is -0.258 e. The number of rotatable bonds is 4. The van der Waals surface area contributed by atoms with Crippen molar-refractivity contribution >= 4 is 17.1 Å². The standard InChI is InChI=1S/C14H16N4O4/c1-3-10-5-4-8-14(10,2)16-15-12-7-6-11(17(19)20)9-13(12)18(21)22/h3,6-7,9H,4-5,8H2,1-2H3/b10-3+,16-15?. The molecule has 1 atom stereocenters. The largest absolute Gasteiger partial charge is 0.303 e. The van der Waals surface area contributed by atoms with Crippen LogP contribution in [0.1, 0.15) is 33.1 Å². The van der Waals surface area contributed by atoms with Crippen LogP contribution in [0.15, 0.2) is 40.1 Å². The molecule has 8 nitrogen and oxygen atoms in total. The molecule has 8 heteroatoms. The first-order chi connectivity index (χ1) is 10.4. The number of nitro groups is 2. The van der Waals surface area contributed by atoms with Gasteiger partial charge in [0.05, 0.1) is 15.9 Å². The Morgan fingerprint density at radius 2 is 2.00 bits per heavy atom. The fourth-order valence-electron chi connectivity index (χ4n) is 2.64. The van der Waals surface area contributed by atoms with Crippen LogP contribution in [0.4, 0.5) is 17.1 Å². The van der Waals surface area contributed by atoms with Crippen LogP contribution in [-0.4, -0.2) is 15.4 Å². The zero-order chi connectivity index (χ0) is 16.3. The molecule has 0 aromatic heterocycles. The summed E-state index contributed by atoms with van der Waals surface area (Å²) in [6.45, 7) is 3.87. The lowest BCUT2D eigenvalue weighted by Gasteiger charge is -2.18. The van der Waals surface area contributed by atoms with Gasteiger partial charge in [-0.1, -0.05) is 6.08 Å². The van der Waals surface area contributed by atoms with E-state index in [-0.39, 0.29) is 11.4 Å². The number of hydrogen-bond acceptors (Lipinski definition) is 6. The van der Waals surface area contributed by atoms with Gasteiger partial charge in [-0.3, -0.25) is 20.2 Å². The summed E-state index contributed by atoms with van der Waals surface area (Å²) < 4.78 is 0. The molecule has 1 fully saturated rings. The highest BCUT2D eigenvalue weighted by molar-refractivity contribution is 5.61. The second-order valence-electron chi connectivity index (χ2n) is 5.33. The average Bonchev–Trinajstić information content (AvgIpc) is 2.86. The van der Waals surface area contributed by atoms with Gasteiger partial charge < -0.3 is 0 Å². The molecule has 1 aromatic rings. The number of benzene rings is 1. The van der Waals surface area contributed by atoms with Gasteiger partial charge in [-0.2, -0.15) is 5.11 Å². The molecule has 0 radical (unpaired) electrons. The van der Waals surface area contributed by atoms with Gasteiger partial charge in [-0.05, 0) is 44.7 Å². The van der Waals surface area contributed by atoms with Crippen LogP contribution in [-0.2, 0) is 0 Å². The average molecular weight is 304 g/mol. The SMILES string of the molecule is C/C=C1\CCCC1(C)N=Nc1ccc([N+](=O)[O-])cc1[N+](=O)[O-]. The number of nitrogens with zero attached hydrogens (tertiary/aromatic N) is 4. The minimum absolute atomic E-state index is 0.0270. The van der Waals surface area contributed by atoms with E-state index in [2.05, 4.69) is 10.2 Å². The van der Waals surface area contributed by atoms with E-state index >= 15 is 0 Å². The van der Waals surface area contributed by atoms with E-state index in [0.29, 0.717) is 0 Å². The Labute approximate surface area is 126 Å². The topological polar surface area (TPSA) is 111 Å². The van der Waals surface area contributed by atoms with E-state index in [0.717, 1.165) is 30.9 Å². The number of hydrogen-bond donors (Lipinski definition) is 0. The van der Waals surface area contributed by atoms with Gasteiger partial charge in [0.1, 0.15) is 5.54 Å². The Hall–Kier alpha value is -2.64. The lowest BCUT2D eigenvalue weighted by molar-refractivity contribution is -0.393. The van der Waals surface area contributed by atoms with Crippen LogP contribution >= 0.6 is 0 Å². The number of azo groups is 1. The van der Waals surface area contributed by atoms with Gasteiger partial charge in [0.25, 0.3) is 5.69 Å². The van der Waals surface area contributed by atoms with Crippen molar-refractivity contribution in [1.29, 1.82) is 0 Å². The Morgan fingerprint density at radius 1 is 1.27 bits per heavy atom. The Morgan fingerprint density at radius 3 is 2.59 bits per heavy atom. The summed E-state index contributed by atoms with van der Waals surface area (Å²) in [5, 5.41) is 30.0. The first kappa shape index (κ1) is 15.7. The second-order valence-corrected chi connectivity index (χ2v) is 5.33. The smallest absolute Gasteiger partial charge is 0.258 e. The van der Waals surface area contributed by atoms with Crippen molar-refractivity contribution in [2.45, 2.75) is 38.6 Å². The molecule has 0 spiro atoms. The lowest BCUT2D eigenvalue weighted by Crippen LogP contribution is -2.18. The first-order valence-electron chi connectivity index (χ1n) is 6.89. The molecule has 2 rings (SSSR count). The highest BCUT2D eigenvalue weighted by Crippen LogP contribution is 2.40. The van der Waals surface area contributed by atoms with Crippen molar-refractivity contribution in [2.75, 3.05) is 0 Å². The van der Waals surface area contributed by atoms with Crippen LogP contribution < -0.4 is 0 Å².